The molecule has 1 aromatic heterocycles. The van der Waals surface area contributed by atoms with Gasteiger partial charge in [0, 0.05) is 12.1 Å². The van der Waals surface area contributed by atoms with E-state index in [-0.39, 0.29) is 5.91 Å². The fraction of sp³-hybridized carbons (Fsp3) is 0.158. The van der Waals surface area contributed by atoms with E-state index in [1.807, 2.05) is 62.4 Å². The molecule has 0 saturated carbocycles. The van der Waals surface area contributed by atoms with E-state index in [2.05, 4.69) is 10.5 Å². The summed E-state index contributed by atoms with van der Waals surface area (Å²) in [7, 11) is 0. The first-order chi connectivity index (χ1) is 11.1. The molecule has 1 N–H and O–H groups in total. The highest BCUT2D eigenvalue weighted by Gasteiger charge is 2.17. The fourth-order valence-electron chi connectivity index (χ4n) is 2.39. The summed E-state index contributed by atoms with van der Waals surface area (Å²) >= 11 is 0. The number of aromatic nitrogens is 1. The molecule has 0 aliphatic carbocycles. The van der Waals surface area contributed by atoms with E-state index in [9.17, 15) is 4.79 Å². The highest BCUT2D eigenvalue weighted by Crippen LogP contribution is 2.24. The van der Waals surface area contributed by atoms with Crippen molar-refractivity contribution in [2.75, 3.05) is 0 Å². The van der Waals surface area contributed by atoms with E-state index < -0.39 is 0 Å². The summed E-state index contributed by atoms with van der Waals surface area (Å²) in [5.74, 6) is 0.303. The van der Waals surface area contributed by atoms with Gasteiger partial charge in [0.05, 0.1) is 6.20 Å². The zero-order valence-electron chi connectivity index (χ0n) is 13.2. The van der Waals surface area contributed by atoms with E-state index >= 15 is 0 Å². The van der Waals surface area contributed by atoms with Crippen LogP contribution in [0.3, 0.4) is 0 Å². The fourth-order valence-corrected chi connectivity index (χ4v) is 2.39. The van der Waals surface area contributed by atoms with Crippen molar-refractivity contribution in [2.45, 2.75) is 20.4 Å². The number of nitrogens with zero attached hydrogens (tertiary/aromatic N) is 1. The molecule has 23 heavy (non-hydrogen) atoms. The van der Waals surface area contributed by atoms with Crippen LogP contribution in [0.4, 0.5) is 0 Å². The second-order valence-electron chi connectivity index (χ2n) is 5.54. The lowest BCUT2D eigenvalue weighted by Crippen LogP contribution is -2.23. The quantitative estimate of drug-likeness (QED) is 0.795. The van der Waals surface area contributed by atoms with Crippen molar-refractivity contribution in [3.8, 4) is 11.3 Å². The Kier molecular flexibility index (Phi) is 4.24. The minimum atomic E-state index is -0.190. The van der Waals surface area contributed by atoms with Crippen LogP contribution >= 0.6 is 0 Å². The molecule has 116 valence electrons. The first-order valence-electron chi connectivity index (χ1n) is 7.49. The van der Waals surface area contributed by atoms with Gasteiger partial charge in [-0.25, -0.2) is 0 Å². The first kappa shape index (κ1) is 15.0. The van der Waals surface area contributed by atoms with Gasteiger partial charge in [-0.15, -0.1) is 0 Å². The SMILES string of the molecule is Cc1ccc(-c2oncc2C(=O)NCc2ccccc2C)cc1. The van der Waals surface area contributed by atoms with E-state index in [0.717, 1.165) is 22.3 Å². The molecule has 0 atom stereocenters. The van der Waals surface area contributed by atoms with Crippen LogP contribution in [0.2, 0.25) is 0 Å². The standard InChI is InChI=1S/C19H18N2O2/c1-13-7-9-15(10-8-13)18-17(12-21-23-18)19(22)20-11-16-6-4-3-5-14(16)2/h3-10,12H,11H2,1-2H3,(H,20,22). The summed E-state index contributed by atoms with van der Waals surface area (Å²) < 4.78 is 5.28. The average molecular weight is 306 g/mol. The third-order valence-corrected chi connectivity index (χ3v) is 3.83. The second kappa shape index (κ2) is 6.48. The van der Waals surface area contributed by atoms with Crippen molar-refractivity contribution in [2.24, 2.45) is 0 Å². The predicted octanol–water partition coefficient (Wildman–Crippen LogP) is 3.89. The average Bonchev–Trinajstić information content (AvgIpc) is 3.04. The predicted molar refractivity (Wildman–Crippen MR) is 89.0 cm³/mol. The molecule has 4 heteroatoms. The molecule has 0 spiro atoms. The Labute approximate surface area is 135 Å². The summed E-state index contributed by atoms with van der Waals surface area (Å²) in [6, 6.07) is 15.8. The van der Waals surface area contributed by atoms with Crippen molar-refractivity contribution in [1.29, 1.82) is 0 Å². The minimum absolute atomic E-state index is 0.190. The van der Waals surface area contributed by atoms with Crippen LogP contribution in [0.1, 0.15) is 27.0 Å². The molecule has 0 saturated heterocycles. The topological polar surface area (TPSA) is 55.1 Å². The second-order valence-corrected chi connectivity index (χ2v) is 5.54. The molecule has 1 amide bonds. The van der Waals surface area contributed by atoms with E-state index in [4.69, 9.17) is 4.52 Å². The third-order valence-electron chi connectivity index (χ3n) is 3.83. The lowest BCUT2D eigenvalue weighted by molar-refractivity contribution is 0.0951. The number of amides is 1. The Morgan fingerprint density at radius 2 is 1.83 bits per heavy atom. The maximum Gasteiger partial charge on any atom is 0.257 e. The Morgan fingerprint density at radius 3 is 2.57 bits per heavy atom. The molecule has 4 nitrogen and oxygen atoms in total. The van der Waals surface area contributed by atoms with Gasteiger partial charge in [0.25, 0.3) is 5.91 Å². The Bertz CT molecular complexity index is 819. The molecule has 0 aliphatic heterocycles. The van der Waals surface area contributed by atoms with Crippen LogP contribution in [0.5, 0.6) is 0 Å². The number of hydrogen-bond acceptors (Lipinski definition) is 3. The van der Waals surface area contributed by atoms with Gasteiger partial charge in [-0.05, 0) is 25.0 Å². The normalized spacial score (nSPS) is 10.5. The van der Waals surface area contributed by atoms with Gasteiger partial charge in [0.2, 0.25) is 0 Å². The summed E-state index contributed by atoms with van der Waals surface area (Å²) in [6.07, 6.45) is 1.46. The lowest BCUT2D eigenvalue weighted by Gasteiger charge is -2.07. The summed E-state index contributed by atoms with van der Waals surface area (Å²) in [6.45, 7) is 4.52. The van der Waals surface area contributed by atoms with Crippen LogP contribution in [0.25, 0.3) is 11.3 Å². The van der Waals surface area contributed by atoms with Gasteiger partial charge in [-0.3, -0.25) is 4.79 Å². The van der Waals surface area contributed by atoms with Crippen molar-refractivity contribution in [1.82, 2.24) is 10.5 Å². The summed E-state index contributed by atoms with van der Waals surface area (Å²) in [4.78, 5) is 12.4. The maximum absolute atomic E-state index is 12.4. The number of aryl methyl sites for hydroxylation is 2. The number of carbonyl (C=O) groups is 1. The van der Waals surface area contributed by atoms with E-state index in [1.54, 1.807) is 0 Å². The largest absolute Gasteiger partial charge is 0.355 e. The van der Waals surface area contributed by atoms with Crippen LogP contribution in [0, 0.1) is 13.8 Å². The molecule has 0 fully saturated rings. The maximum atomic E-state index is 12.4. The van der Waals surface area contributed by atoms with Gasteiger partial charge in [-0.2, -0.15) is 0 Å². The minimum Gasteiger partial charge on any atom is -0.355 e. The number of carbonyl (C=O) groups excluding carboxylic acids is 1. The molecule has 0 unspecified atom stereocenters. The first-order valence-corrected chi connectivity index (χ1v) is 7.49. The van der Waals surface area contributed by atoms with Crippen LogP contribution in [-0.2, 0) is 6.54 Å². The number of benzene rings is 2. The summed E-state index contributed by atoms with van der Waals surface area (Å²) in [5.41, 5.74) is 4.68. The van der Waals surface area contributed by atoms with E-state index in [0.29, 0.717) is 17.9 Å². The molecular formula is C19H18N2O2. The molecule has 2 aromatic carbocycles. The molecule has 0 aliphatic rings. The molecule has 0 radical (unpaired) electrons. The monoisotopic (exact) mass is 306 g/mol. The van der Waals surface area contributed by atoms with Gasteiger partial charge in [-0.1, -0.05) is 59.3 Å². The molecule has 3 rings (SSSR count). The van der Waals surface area contributed by atoms with Gasteiger partial charge in [0.1, 0.15) is 5.56 Å². The van der Waals surface area contributed by atoms with Crippen molar-refractivity contribution in [3.63, 3.8) is 0 Å². The highest BCUT2D eigenvalue weighted by molar-refractivity contribution is 5.99. The third kappa shape index (κ3) is 3.31. The van der Waals surface area contributed by atoms with Crippen molar-refractivity contribution < 1.29 is 9.32 Å². The molecule has 3 aromatic rings. The van der Waals surface area contributed by atoms with Crippen LogP contribution in [-0.4, -0.2) is 11.1 Å². The zero-order chi connectivity index (χ0) is 16.2. The van der Waals surface area contributed by atoms with Gasteiger partial charge in [0.15, 0.2) is 5.76 Å². The lowest BCUT2D eigenvalue weighted by atomic mass is 10.1. The summed E-state index contributed by atoms with van der Waals surface area (Å²) in [5, 5.41) is 6.70. The molecule has 0 bridgehead atoms. The van der Waals surface area contributed by atoms with E-state index in [1.165, 1.54) is 6.20 Å². The molecular weight excluding hydrogens is 288 g/mol. The van der Waals surface area contributed by atoms with Crippen LogP contribution < -0.4 is 5.32 Å². The number of rotatable bonds is 4. The number of nitrogens with one attached hydrogen (secondary N) is 1. The van der Waals surface area contributed by atoms with Crippen molar-refractivity contribution >= 4 is 5.91 Å². The van der Waals surface area contributed by atoms with Crippen molar-refractivity contribution in [3.05, 3.63) is 77.0 Å². The Hall–Kier alpha value is -2.88. The Balaban J connectivity index is 1.77. The van der Waals surface area contributed by atoms with Gasteiger partial charge < -0.3 is 9.84 Å². The highest BCUT2D eigenvalue weighted by atomic mass is 16.5. The van der Waals surface area contributed by atoms with Gasteiger partial charge >= 0.3 is 0 Å². The smallest absolute Gasteiger partial charge is 0.257 e. The Morgan fingerprint density at radius 1 is 1.09 bits per heavy atom. The molecule has 1 heterocycles. The number of hydrogen-bond donors (Lipinski definition) is 1. The zero-order valence-corrected chi connectivity index (χ0v) is 13.2. The van der Waals surface area contributed by atoms with Crippen LogP contribution in [0.15, 0.2) is 59.3 Å².